The number of nitrogens with zero attached hydrogens (tertiary/aromatic N) is 3. The van der Waals surface area contributed by atoms with E-state index in [0.29, 0.717) is 42.0 Å². The quantitative estimate of drug-likeness (QED) is 0.259. The van der Waals surface area contributed by atoms with Gasteiger partial charge in [0.25, 0.3) is 11.8 Å². The second kappa shape index (κ2) is 11.8. The molecule has 2 aliphatic heterocycles. The Balaban J connectivity index is 1.19. The first-order valence-electron chi connectivity index (χ1n) is 12.6. The number of amides is 2. The molecule has 4 heterocycles. The van der Waals surface area contributed by atoms with Crippen LogP contribution >= 0.6 is 45.9 Å². The van der Waals surface area contributed by atoms with Crippen molar-refractivity contribution in [3.63, 3.8) is 0 Å². The maximum absolute atomic E-state index is 13.0. The maximum atomic E-state index is 13.0. The largest absolute Gasteiger partial charge is 0.506 e. The Morgan fingerprint density at radius 3 is 2.45 bits per heavy atom. The van der Waals surface area contributed by atoms with Gasteiger partial charge in [-0.25, -0.2) is 5.43 Å². The molecule has 0 radical (unpaired) electrons. The van der Waals surface area contributed by atoms with Gasteiger partial charge in [-0.05, 0) is 75.5 Å². The Kier molecular flexibility index (Phi) is 8.40. The molecule has 1 aromatic carbocycles. The van der Waals surface area contributed by atoms with E-state index in [1.807, 2.05) is 4.90 Å². The van der Waals surface area contributed by atoms with Gasteiger partial charge in [0.05, 0.1) is 36.0 Å². The molecule has 0 bridgehead atoms. The van der Waals surface area contributed by atoms with Gasteiger partial charge in [-0.3, -0.25) is 9.59 Å². The molecule has 0 saturated carbocycles. The lowest BCUT2D eigenvalue weighted by Crippen LogP contribution is -2.45. The van der Waals surface area contributed by atoms with E-state index >= 15 is 0 Å². The lowest BCUT2D eigenvalue weighted by Gasteiger charge is -2.36. The molecule has 0 aliphatic carbocycles. The van der Waals surface area contributed by atoms with Crippen LogP contribution in [0.4, 0.5) is 0 Å². The SMILES string of the molecule is C/C(=N\NC(=O)c1ccc(C(=O)N2CCC(N3CCCC3)CC2)s1)c1csc(-c2ccc(Cl)c(Cl)c2)c1O. The summed E-state index contributed by atoms with van der Waals surface area (Å²) >= 11 is 14.6. The van der Waals surface area contributed by atoms with E-state index in [0.717, 1.165) is 31.5 Å². The molecule has 2 N–H and O–H groups in total. The number of likely N-dealkylation sites (tertiary alicyclic amines) is 2. The Morgan fingerprint density at radius 1 is 1.03 bits per heavy atom. The van der Waals surface area contributed by atoms with Crippen LogP contribution in [0.3, 0.4) is 0 Å². The number of benzene rings is 1. The molecule has 38 heavy (non-hydrogen) atoms. The molecule has 2 amide bonds. The maximum Gasteiger partial charge on any atom is 0.281 e. The van der Waals surface area contributed by atoms with Crippen LogP contribution in [0.2, 0.25) is 10.0 Å². The fourth-order valence-electron chi connectivity index (χ4n) is 4.97. The third-order valence-electron chi connectivity index (χ3n) is 7.11. The van der Waals surface area contributed by atoms with Gasteiger partial charge in [0.1, 0.15) is 5.75 Å². The van der Waals surface area contributed by atoms with Crippen molar-refractivity contribution in [1.82, 2.24) is 15.2 Å². The van der Waals surface area contributed by atoms with E-state index in [1.54, 1.807) is 42.6 Å². The van der Waals surface area contributed by atoms with Gasteiger partial charge in [0.2, 0.25) is 0 Å². The fourth-order valence-corrected chi connectivity index (χ4v) is 7.14. The summed E-state index contributed by atoms with van der Waals surface area (Å²) in [5, 5.41) is 17.6. The molecule has 0 atom stereocenters. The van der Waals surface area contributed by atoms with Crippen molar-refractivity contribution >= 4 is 63.4 Å². The lowest BCUT2D eigenvalue weighted by molar-refractivity contribution is 0.0649. The Morgan fingerprint density at radius 2 is 1.74 bits per heavy atom. The summed E-state index contributed by atoms with van der Waals surface area (Å²) in [6.07, 6.45) is 4.55. The smallest absolute Gasteiger partial charge is 0.281 e. The zero-order valence-corrected chi connectivity index (χ0v) is 24.0. The van der Waals surface area contributed by atoms with Crippen molar-refractivity contribution in [2.45, 2.75) is 38.6 Å². The number of rotatable bonds is 6. The molecule has 11 heteroatoms. The van der Waals surface area contributed by atoms with Crippen LogP contribution in [-0.4, -0.2) is 64.7 Å². The van der Waals surface area contributed by atoms with Crippen molar-refractivity contribution in [2.24, 2.45) is 5.10 Å². The first-order valence-corrected chi connectivity index (χ1v) is 15.0. The third kappa shape index (κ3) is 5.77. The summed E-state index contributed by atoms with van der Waals surface area (Å²) in [5.41, 5.74) is 4.24. The topological polar surface area (TPSA) is 85.2 Å². The minimum absolute atomic E-state index is 0.0216. The molecular formula is C27H28Cl2N4O3S2. The number of aromatic hydroxyl groups is 1. The Bertz CT molecular complexity index is 1370. The van der Waals surface area contributed by atoms with E-state index in [-0.39, 0.29) is 11.7 Å². The lowest BCUT2D eigenvalue weighted by atomic mass is 10.0. The summed E-state index contributed by atoms with van der Waals surface area (Å²) in [4.78, 5) is 31.8. The first-order chi connectivity index (χ1) is 18.3. The molecule has 2 aliphatic rings. The molecule has 0 spiro atoms. The average molecular weight is 592 g/mol. The first kappa shape index (κ1) is 27.1. The highest BCUT2D eigenvalue weighted by molar-refractivity contribution is 7.16. The van der Waals surface area contributed by atoms with E-state index in [2.05, 4.69) is 15.4 Å². The van der Waals surface area contributed by atoms with E-state index in [9.17, 15) is 14.7 Å². The van der Waals surface area contributed by atoms with Crippen molar-refractivity contribution < 1.29 is 14.7 Å². The number of hydrazone groups is 1. The van der Waals surface area contributed by atoms with Gasteiger partial charge in [0.15, 0.2) is 0 Å². The minimum Gasteiger partial charge on any atom is -0.506 e. The average Bonchev–Trinajstić information content (AvgIpc) is 3.70. The highest BCUT2D eigenvalue weighted by Crippen LogP contribution is 2.40. The molecule has 2 fully saturated rings. The molecule has 7 nitrogen and oxygen atoms in total. The Hall–Kier alpha value is -2.43. The summed E-state index contributed by atoms with van der Waals surface area (Å²) in [6, 6.07) is 9.09. The monoisotopic (exact) mass is 590 g/mol. The van der Waals surface area contributed by atoms with E-state index in [1.165, 1.54) is 48.6 Å². The zero-order chi connectivity index (χ0) is 26.8. The summed E-state index contributed by atoms with van der Waals surface area (Å²) in [5.74, 6) is -0.367. The van der Waals surface area contributed by atoms with Crippen LogP contribution in [-0.2, 0) is 0 Å². The number of piperidine rings is 1. The zero-order valence-electron chi connectivity index (χ0n) is 20.9. The van der Waals surface area contributed by atoms with Gasteiger partial charge in [-0.1, -0.05) is 29.3 Å². The predicted molar refractivity (Wildman–Crippen MR) is 155 cm³/mol. The van der Waals surface area contributed by atoms with Crippen LogP contribution < -0.4 is 5.43 Å². The highest BCUT2D eigenvalue weighted by atomic mass is 35.5. The summed E-state index contributed by atoms with van der Waals surface area (Å²) in [6.45, 7) is 5.55. The second-order valence-corrected chi connectivity index (χ2v) is 12.3. The van der Waals surface area contributed by atoms with Crippen molar-refractivity contribution in [3.8, 4) is 16.2 Å². The number of hydrogen-bond acceptors (Lipinski definition) is 7. The standard InChI is InChI=1S/C27H28Cl2N4O3S2/c1-16(19-15-37-25(24(19)34)17-4-5-20(28)21(29)14-17)30-31-26(35)22-6-7-23(38-22)27(36)33-12-8-18(9-13-33)32-10-2-3-11-32/h4-7,14-15,18,34H,2-3,8-13H2,1H3,(H,31,35)/b30-16+. The number of carbonyl (C=O) groups excluding carboxylic acids is 2. The van der Waals surface area contributed by atoms with Crippen LogP contribution in [0, 0.1) is 0 Å². The number of thiophene rings is 2. The van der Waals surface area contributed by atoms with E-state index in [4.69, 9.17) is 23.2 Å². The van der Waals surface area contributed by atoms with E-state index < -0.39 is 5.91 Å². The molecular weight excluding hydrogens is 563 g/mol. The van der Waals surface area contributed by atoms with Crippen molar-refractivity contribution in [2.75, 3.05) is 26.2 Å². The normalized spacial score (nSPS) is 17.2. The third-order valence-corrected chi connectivity index (χ3v) is 9.94. The molecule has 3 aromatic rings. The minimum atomic E-state index is -0.402. The van der Waals surface area contributed by atoms with Crippen LogP contribution in [0.5, 0.6) is 5.75 Å². The van der Waals surface area contributed by atoms with Gasteiger partial charge in [-0.15, -0.1) is 22.7 Å². The molecule has 0 unspecified atom stereocenters. The number of nitrogens with one attached hydrogen (secondary N) is 1. The van der Waals surface area contributed by atoms with Crippen LogP contribution in [0.1, 0.15) is 57.5 Å². The fraction of sp³-hybridized carbons (Fsp3) is 0.370. The molecule has 5 rings (SSSR count). The second-order valence-electron chi connectivity index (χ2n) is 9.52. The van der Waals surface area contributed by atoms with Gasteiger partial charge in [0, 0.05) is 24.5 Å². The van der Waals surface area contributed by atoms with Crippen molar-refractivity contribution in [3.05, 3.63) is 61.1 Å². The number of halogens is 2. The predicted octanol–water partition coefficient (Wildman–Crippen LogP) is 6.34. The van der Waals surface area contributed by atoms with Gasteiger partial charge >= 0.3 is 0 Å². The molecule has 2 aromatic heterocycles. The summed E-state index contributed by atoms with van der Waals surface area (Å²) in [7, 11) is 0. The Labute approximate surface area is 239 Å². The highest BCUT2D eigenvalue weighted by Gasteiger charge is 2.29. The molecule has 2 saturated heterocycles. The van der Waals surface area contributed by atoms with Crippen LogP contribution in [0.25, 0.3) is 10.4 Å². The number of hydrogen-bond donors (Lipinski definition) is 2. The van der Waals surface area contributed by atoms with Crippen molar-refractivity contribution in [1.29, 1.82) is 0 Å². The molecule has 200 valence electrons. The van der Waals surface area contributed by atoms with Crippen LogP contribution in [0.15, 0.2) is 40.8 Å². The number of carbonyl (C=O) groups is 2. The summed E-state index contributed by atoms with van der Waals surface area (Å²) < 4.78 is 0. The van der Waals surface area contributed by atoms with Gasteiger partial charge < -0.3 is 14.9 Å². The van der Waals surface area contributed by atoms with Gasteiger partial charge in [-0.2, -0.15) is 5.10 Å².